The van der Waals surface area contributed by atoms with Crippen molar-refractivity contribution in [3.8, 4) is 5.69 Å². The van der Waals surface area contributed by atoms with Gasteiger partial charge in [0.2, 0.25) is 0 Å². The van der Waals surface area contributed by atoms with Gasteiger partial charge in [-0.1, -0.05) is 6.07 Å². The monoisotopic (exact) mass is 426 g/mol. The van der Waals surface area contributed by atoms with Crippen LogP contribution >= 0.6 is 11.3 Å². The van der Waals surface area contributed by atoms with Crippen LogP contribution in [-0.4, -0.2) is 64.0 Å². The molecule has 0 unspecified atom stereocenters. The summed E-state index contributed by atoms with van der Waals surface area (Å²) in [5.41, 5.74) is 0.317. The second-order valence-electron chi connectivity index (χ2n) is 6.22. The molecular formula is C16H16F2N6O2S2. The summed E-state index contributed by atoms with van der Waals surface area (Å²) in [6.07, 6.45) is 0. The highest BCUT2D eigenvalue weighted by Crippen LogP contribution is 2.22. The highest BCUT2D eigenvalue weighted by Gasteiger charge is 2.29. The van der Waals surface area contributed by atoms with Crippen molar-refractivity contribution in [2.24, 2.45) is 0 Å². The van der Waals surface area contributed by atoms with Crippen LogP contribution < -0.4 is 0 Å². The molecular weight excluding hydrogens is 410 g/mol. The Hall–Kier alpha value is -2.28. The first kappa shape index (κ1) is 19.1. The van der Waals surface area contributed by atoms with Crippen LogP contribution in [0.5, 0.6) is 0 Å². The number of nitrogens with zero attached hydrogens (tertiary/aromatic N) is 6. The van der Waals surface area contributed by atoms with Gasteiger partial charge in [-0.25, -0.2) is 17.2 Å². The Morgan fingerprint density at radius 3 is 2.54 bits per heavy atom. The maximum atomic E-state index is 13.5. The van der Waals surface area contributed by atoms with Crippen molar-refractivity contribution in [2.45, 2.75) is 10.8 Å². The molecule has 0 aliphatic carbocycles. The summed E-state index contributed by atoms with van der Waals surface area (Å²) in [5, 5.41) is 13.2. The van der Waals surface area contributed by atoms with E-state index in [1.807, 2.05) is 4.90 Å². The molecule has 3 aromatic rings. The summed E-state index contributed by atoms with van der Waals surface area (Å²) in [6, 6.07) is 6.75. The van der Waals surface area contributed by atoms with Crippen molar-refractivity contribution in [1.82, 2.24) is 29.4 Å². The molecule has 28 heavy (non-hydrogen) atoms. The summed E-state index contributed by atoms with van der Waals surface area (Å²) < 4.78 is 55.0. The molecule has 0 bridgehead atoms. The minimum absolute atomic E-state index is 0.317. The van der Waals surface area contributed by atoms with Crippen LogP contribution in [0.4, 0.5) is 8.78 Å². The molecule has 8 nitrogen and oxygen atoms in total. The third kappa shape index (κ3) is 3.68. The SMILES string of the molecule is O=S(=O)(c1cccs1)N1CCN(Cc2nnnn2-c2ccc(F)c(F)c2)CC1. The molecule has 2 aromatic heterocycles. The fourth-order valence-electron chi connectivity index (χ4n) is 2.99. The maximum Gasteiger partial charge on any atom is 0.252 e. The molecule has 3 heterocycles. The van der Waals surface area contributed by atoms with Crippen LogP contribution in [0.2, 0.25) is 0 Å². The minimum Gasteiger partial charge on any atom is -0.293 e. The van der Waals surface area contributed by atoms with Crippen LogP contribution in [-0.2, 0) is 16.6 Å². The molecule has 0 N–H and O–H groups in total. The summed E-state index contributed by atoms with van der Waals surface area (Å²) >= 11 is 1.20. The van der Waals surface area contributed by atoms with Crippen LogP contribution in [0.1, 0.15) is 5.82 Å². The first-order chi connectivity index (χ1) is 13.4. The van der Waals surface area contributed by atoms with E-state index in [1.54, 1.807) is 17.5 Å². The lowest BCUT2D eigenvalue weighted by Gasteiger charge is -2.33. The molecule has 0 amide bonds. The highest BCUT2D eigenvalue weighted by atomic mass is 32.2. The minimum atomic E-state index is -3.46. The first-order valence-electron chi connectivity index (χ1n) is 8.44. The molecule has 1 fully saturated rings. The highest BCUT2D eigenvalue weighted by molar-refractivity contribution is 7.91. The Kier molecular flexibility index (Phi) is 5.19. The fourth-order valence-corrected chi connectivity index (χ4v) is 5.55. The summed E-state index contributed by atoms with van der Waals surface area (Å²) in [7, 11) is -3.46. The standard InChI is InChI=1S/C16H16F2N6O2S2/c17-13-4-3-12(10-14(13)18)24-15(19-20-21-24)11-22-5-7-23(8-6-22)28(25,26)16-2-1-9-27-16/h1-4,9-10H,5-8,11H2. The predicted octanol–water partition coefficient (Wildman–Crippen LogP) is 1.51. The third-order valence-electron chi connectivity index (χ3n) is 4.47. The number of piperazine rings is 1. The second kappa shape index (κ2) is 7.62. The molecule has 12 heteroatoms. The predicted molar refractivity (Wildman–Crippen MR) is 97.4 cm³/mol. The van der Waals surface area contributed by atoms with Gasteiger partial charge in [0.25, 0.3) is 10.0 Å². The largest absolute Gasteiger partial charge is 0.293 e. The van der Waals surface area contributed by atoms with Gasteiger partial charge in [0.15, 0.2) is 17.5 Å². The van der Waals surface area contributed by atoms with E-state index in [0.29, 0.717) is 48.4 Å². The van der Waals surface area contributed by atoms with Crippen molar-refractivity contribution in [3.63, 3.8) is 0 Å². The molecule has 1 aliphatic rings. The number of thiophene rings is 1. The Labute approximate surface area is 164 Å². The number of halogens is 2. The van der Waals surface area contributed by atoms with E-state index < -0.39 is 21.7 Å². The number of hydrogen-bond acceptors (Lipinski definition) is 7. The van der Waals surface area contributed by atoms with Crippen LogP contribution in [0, 0.1) is 11.6 Å². The van der Waals surface area contributed by atoms with E-state index in [4.69, 9.17) is 0 Å². The normalized spacial score (nSPS) is 16.5. The van der Waals surface area contributed by atoms with Gasteiger partial charge in [0.05, 0.1) is 12.2 Å². The summed E-state index contributed by atoms with van der Waals surface area (Å²) in [6.45, 7) is 2.09. The number of rotatable bonds is 5. The van der Waals surface area contributed by atoms with Gasteiger partial charge in [-0.3, -0.25) is 4.90 Å². The van der Waals surface area contributed by atoms with E-state index in [-0.39, 0.29) is 0 Å². The van der Waals surface area contributed by atoms with Crippen molar-refractivity contribution in [1.29, 1.82) is 0 Å². The van der Waals surface area contributed by atoms with Gasteiger partial charge in [-0.2, -0.15) is 8.99 Å². The Morgan fingerprint density at radius 1 is 1.07 bits per heavy atom. The Balaban J connectivity index is 1.44. The quantitative estimate of drug-likeness (QED) is 0.615. The van der Waals surface area contributed by atoms with Crippen LogP contribution in [0.15, 0.2) is 39.9 Å². The third-order valence-corrected chi connectivity index (χ3v) is 7.74. The van der Waals surface area contributed by atoms with Gasteiger partial charge in [0.1, 0.15) is 4.21 Å². The molecule has 0 spiro atoms. The van der Waals surface area contributed by atoms with Crippen molar-refractivity contribution in [2.75, 3.05) is 26.2 Å². The molecule has 1 aromatic carbocycles. The molecule has 148 valence electrons. The van der Waals surface area contributed by atoms with Gasteiger partial charge in [-0.15, -0.1) is 16.4 Å². The molecule has 1 aliphatic heterocycles. The number of tetrazole rings is 1. The Bertz CT molecular complexity index is 1060. The molecule has 0 atom stereocenters. The van der Waals surface area contributed by atoms with Crippen molar-refractivity contribution < 1.29 is 17.2 Å². The summed E-state index contributed by atoms with van der Waals surface area (Å²) in [5.74, 6) is -1.46. The van der Waals surface area contributed by atoms with Gasteiger partial charge in [-0.05, 0) is 34.0 Å². The van der Waals surface area contributed by atoms with Crippen LogP contribution in [0.25, 0.3) is 5.69 Å². The smallest absolute Gasteiger partial charge is 0.252 e. The maximum absolute atomic E-state index is 13.5. The number of aromatic nitrogens is 4. The topological polar surface area (TPSA) is 84.2 Å². The molecule has 0 saturated carbocycles. The van der Waals surface area contributed by atoms with E-state index in [2.05, 4.69) is 15.5 Å². The van der Waals surface area contributed by atoms with Crippen molar-refractivity contribution in [3.05, 3.63) is 53.2 Å². The van der Waals surface area contributed by atoms with Crippen LogP contribution in [0.3, 0.4) is 0 Å². The fraction of sp³-hybridized carbons (Fsp3) is 0.312. The zero-order valence-corrected chi connectivity index (χ0v) is 16.2. The van der Waals surface area contributed by atoms with Gasteiger partial charge < -0.3 is 0 Å². The molecule has 4 rings (SSSR count). The number of benzene rings is 1. The lowest BCUT2D eigenvalue weighted by molar-refractivity contribution is 0.177. The van der Waals surface area contributed by atoms with E-state index >= 15 is 0 Å². The number of hydrogen-bond donors (Lipinski definition) is 0. The van der Waals surface area contributed by atoms with Gasteiger partial charge >= 0.3 is 0 Å². The summed E-state index contributed by atoms with van der Waals surface area (Å²) in [4.78, 5) is 2.02. The van der Waals surface area contributed by atoms with E-state index in [9.17, 15) is 17.2 Å². The average Bonchev–Trinajstić information content (AvgIpc) is 3.37. The molecule has 1 saturated heterocycles. The van der Waals surface area contributed by atoms with E-state index in [0.717, 1.165) is 12.1 Å². The zero-order valence-electron chi connectivity index (χ0n) is 14.6. The lowest BCUT2D eigenvalue weighted by atomic mass is 10.3. The Morgan fingerprint density at radius 2 is 1.86 bits per heavy atom. The lowest BCUT2D eigenvalue weighted by Crippen LogP contribution is -2.48. The first-order valence-corrected chi connectivity index (χ1v) is 10.8. The van der Waals surface area contributed by atoms with E-state index in [1.165, 1.54) is 26.4 Å². The molecule has 0 radical (unpaired) electrons. The van der Waals surface area contributed by atoms with Gasteiger partial charge in [0, 0.05) is 32.2 Å². The average molecular weight is 426 g/mol. The van der Waals surface area contributed by atoms with Crippen molar-refractivity contribution >= 4 is 21.4 Å². The zero-order chi connectivity index (χ0) is 19.7. The number of sulfonamides is 1. The second-order valence-corrected chi connectivity index (χ2v) is 9.33.